The monoisotopic (exact) mass is 327 g/mol. The van der Waals surface area contributed by atoms with Crippen LogP contribution in [0.1, 0.15) is 34.1 Å². The molecule has 0 bridgehead atoms. The van der Waals surface area contributed by atoms with Gasteiger partial charge in [-0.05, 0) is 19.1 Å². The fourth-order valence-electron chi connectivity index (χ4n) is 2.26. The molecule has 0 saturated heterocycles. The molecule has 21 heavy (non-hydrogen) atoms. The number of esters is 1. The maximum absolute atomic E-state index is 12.1. The highest BCUT2D eigenvalue weighted by Gasteiger charge is 2.69. The third-order valence-corrected chi connectivity index (χ3v) is 5.01. The van der Waals surface area contributed by atoms with Crippen LogP contribution >= 0.6 is 23.2 Å². The van der Waals surface area contributed by atoms with E-state index < -0.39 is 34.3 Å². The quantitative estimate of drug-likeness (QED) is 0.485. The minimum atomic E-state index is -1.15. The fourth-order valence-corrected chi connectivity index (χ4v) is 2.95. The Labute approximate surface area is 130 Å². The molecule has 1 aromatic rings. The van der Waals surface area contributed by atoms with Gasteiger partial charge in [-0.15, -0.1) is 23.2 Å². The van der Waals surface area contributed by atoms with Crippen molar-refractivity contribution < 1.29 is 19.1 Å². The van der Waals surface area contributed by atoms with Crippen molar-refractivity contribution in [3.63, 3.8) is 0 Å². The molecule has 2 aliphatic rings. The number of rotatable bonds is 3. The lowest BCUT2D eigenvalue weighted by molar-refractivity contribution is -0.152. The van der Waals surface area contributed by atoms with Crippen LogP contribution in [0.15, 0.2) is 24.3 Å². The molecule has 1 unspecified atom stereocenters. The van der Waals surface area contributed by atoms with Gasteiger partial charge in [0.1, 0.15) is 9.75 Å². The van der Waals surface area contributed by atoms with Gasteiger partial charge >= 0.3 is 5.97 Å². The summed E-state index contributed by atoms with van der Waals surface area (Å²) in [6, 6.07) is 6.45. The van der Waals surface area contributed by atoms with Gasteiger partial charge in [-0.2, -0.15) is 0 Å². The second-order valence-corrected chi connectivity index (χ2v) is 6.84. The van der Waals surface area contributed by atoms with E-state index in [4.69, 9.17) is 27.9 Å². The van der Waals surface area contributed by atoms with Crippen LogP contribution in [0, 0.1) is 5.41 Å². The Kier molecular flexibility index (Phi) is 3.04. The summed E-state index contributed by atoms with van der Waals surface area (Å²) < 4.78 is 3.89. The number of alkyl halides is 2. The first kappa shape index (κ1) is 14.4. The molecule has 2 amide bonds. The number of imide groups is 1. The van der Waals surface area contributed by atoms with Gasteiger partial charge < -0.3 is 4.74 Å². The van der Waals surface area contributed by atoms with Crippen molar-refractivity contribution in [2.45, 2.75) is 17.7 Å². The van der Waals surface area contributed by atoms with Crippen LogP contribution in [-0.4, -0.2) is 33.7 Å². The molecule has 110 valence electrons. The molecule has 5 nitrogen and oxygen atoms in total. The van der Waals surface area contributed by atoms with Crippen LogP contribution < -0.4 is 0 Å². The Morgan fingerprint density at radius 1 is 1.24 bits per heavy atom. The van der Waals surface area contributed by atoms with Gasteiger partial charge in [-0.25, -0.2) is 4.90 Å². The van der Waals surface area contributed by atoms with Gasteiger partial charge in [0.25, 0.3) is 11.8 Å². The zero-order valence-corrected chi connectivity index (χ0v) is 12.6. The van der Waals surface area contributed by atoms with Gasteiger partial charge in [0, 0.05) is 6.42 Å². The summed E-state index contributed by atoms with van der Waals surface area (Å²) in [5.41, 5.74) is -0.380. The normalized spacial score (nSPS) is 25.8. The van der Waals surface area contributed by atoms with E-state index in [1.165, 1.54) is 0 Å². The van der Waals surface area contributed by atoms with Crippen LogP contribution in [0.3, 0.4) is 0 Å². The Morgan fingerprint density at radius 2 is 1.71 bits per heavy atom. The number of carbonyl (C=O) groups excluding carboxylic acids is 3. The molecule has 0 spiro atoms. The smallest absolute Gasteiger partial charge is 0.316 e. The van der Waals surface area contributed by atoms with E-state index >= 15 is 0 Å². The molecule has 1 aliphatic carbocycles. The van der Waals surface area contributed by atoms with E-state index in [1.54, 1.807) is 31.2 Å². The summed E-state index contributed by atoms with van der Waals surface area (Å²) in [7, 11) is 0. The number of carbonyl (C=O) groups is 3. The first-order chi connectivity index (χ1) is 9.78. The van der Waals surface area contributed by atoms with Crippen molar-refractivity contribution in [3.05, 3.63) is 35.4 Å². The average molecular weight is 328 g/mol. The molecule has 0 N–H and O–H groups in total. The average Bonchev–Trinajstić information content (AvgIpc) is 2.87. The molecule has 1 heterocycles. The Hall–Kier alpha value is -1.59. The van der Waals surface area contributed by atoms with E-state index in [1.807, 2.05) is 0 Å². The van der Waals surface area contributed by atoms with Crippen LogP contribution in [0.25, 0.3) is 0 Å². The zero-order valence-electron chi connectivity index (χ0n) is 11.1. The van der Waals surface area contributed by atoms with Crippen LogP contribution in [0.2, 0.25) is 0 Å². The number of benzene rings is 1. The maximum Gasteiger partial charge on any atom is 0.316 e. The van der Waals surface area contributed by atoms with E-state index in [9.17, 15) is 14.4 Å². The minimum absolute atomic E-state index is 0.282. The summed E-state index contributed by atoms with van der Waals surface area (Å²) in [4.78, 5) is 37.0. The standard InChI is InChI=1S/C14H11Cl2NO4/c1-13(6-14(13,15)16)12(20)21-7-17-10(18)8-4-2-3-5-9(8)11(17)19/h2-5H,6-7H2,1H3. The van der Waals surface area contributed by atoms with E-state index in [0.717, 1.165) is 4.90 Å². The van der Waals surface area contributed by atoms with Crippen molar-refractivity contribution >= 4 is 41.0 Å². The molecule has 1 atom stereocenters. The molecular formula is C14H11Cl2NO4. The SMILES string of the molecule is CC1(C(=O)OCN2C(=O)c3ccccc3C2=O)CC1(Cl)Cl. The topological polar surface area (TPSA) is 63.7 Å². The van der Waals surface area contributed by atoms with Gasteiger partial charge in [0.15, 0.2) is 6.73 Å². The molecule has 0 radical (unpaired) electrons. The number of ether oxygens (including phenoxy) is 1. The molecule has 1 saturated carbocycles. The van der Waals surface area contributed by atoms with Crippen LogP contribution in [0.5, 0.6) is 0 Å². The fraction of sp³-hybridized carbons (Fsp3) is 0.357. The van der Waals surface area contributed by atoms with Crippen molar-refractivity contribution in [3.8, 4) is 0 Å². The Morgan fingerprint density at radius 3 is 2.14 bits per heavy atom. The van der Waals surface area contributed by atoms with Crippen LogP contribution in [-0.2, 0) is 9.53 Å². The molecule has 3 rings (SSSR count). The van der Waals surface area contributed by atoms with E-state index in [-0.39, 0.29) is 6.42 Å². The number of hydrogen-bond acceptors (Lipinski definition) is 4. The Bertz CT molecular complexity index is 638. The van der Waals surface area contributed by atoms with E-state index in [2.05, 4.69) is 0 Å². The number of nitrogens with zero attached hydrogens (tertiary/aromatic N) is 1. The molecule has 1 fully saturated rings. The largest absolute Gasteiger partial charge is 0.443 e. The minimum Gasteiger partial charge on any atom is -0.443 e. The van der Waals surface area contributed by atoms with E-state index in [0.29, 0.717) is 11.1 Å². The predicted octanol–water partition coefficient (Wildman–Crippen LogP) is 2.37. The van der Waals surface area contributed by atoms with Gasteiger partial charge in [0.05, 0.1) is 11.1 Å². The highest BCUT2D eigenvalue weighted by atomic mass is 35.5. The van der Waals surface area contributed by atoms with Crippen molar-refractivity contribution in [2.75, 3.05) is 6.73 Å². The molecule has 0 aromatic heterocycles. The summed E-state index contributed by atoms with van der Waals surface area (Å²) >= 11 is 11.8. The Balaban J connectivity index is 1.70. The predicted molar refractivity (Wildman–Crippen MR) is 75.1 cm³/mol. The van der Waals surface area contributed by atoms with Crippen molar-refractivity contribution in [1.82, 2.24) is 4.90 Å². The number of amides is 2. The number of halogens is 2. The lowest BCUT2D eigenvalue weighted by atomic mass is 10.1. The van der Waals surface area contributed by atoms with Crippen molar-refractivity contribution in [1.29, 1.82) is 0 Å². The highest BCUT2D eigenvalue weighted by Crippen LogP contribution is 2.64. The van der Waals surface area contributed by atoms with Gasteiger partial charge in [-0.3, -0.25) is 14.4 Å². The first-order valence-corrected chi connectivity index (χ1v) is 7.04. The lowest BCUT2D eigenvalue weighted by Crippen LogP contribution is -2.35. The third kappa shape index (κ3) is 2.03. The molecule has 1 aromatic carbocycles. The zero-order chi connectivity index (χ0) is 15.4. The van der Waals surface area contributed by atoms with Gasteiger partial charge in [-0.1, -0.05) is 12.1 Å². The van der Waals surface area contributed by atoms with Crippen molar-refractivity contribution in [2.24, 2.45) is 5.41 Å². The molecular weight excluding hydrogens is 317 g/mol. The summed E-state index contributed by atoms with van der Waals surface area (Å²) in [5, 5.41) is 0. The van der Waals surface area contributed by atoms with Crippen LogP contribution in [0.4, 0.5) is 0 Å². The summed E-state index contributed by atoms with van der Waals surface area (Å²) in [6.07, 6.45) is 0.282. The highest BCUT2D eigenvalue weighted by molar-refractivity contribution is 6.53. The first-order valence-electron chi connectivity index (χ1n) is 6.28. The number of hydrogen-bond donors (Lipinski definition) is 0. The summed E-state index contributed by atoms with van der Waals surface area (Å²) in [6.45, 7) is 1.14. The third-order valence-electron chi connectivity index (χ3n) is 3.91. The lowest BCUT2D eigenvalue weighted by Gasteiger charge is -2.16. The summed E-state index contributed by atoms with van der Waals surface area (Å²) in [5.74, 6) is -1.58. The molecule has 7 heteroatoms. The maximum atomic E-state index is 12.1. The molecule has 1 aliphatic heterocycles. The number of fused-ring (bicyclic) bond motifs is 1. The second-order valence-electron chi connectivity index (χ2n) is 5.36. The second kappa shape index (κ2) is 4.45. The van der Waals surface area contributed by atoms with Gasteiger partial charge in [0.2, 0.25) is 0 Å².